The number of fused-ring (bicyclic) bond motifs is 2. The summed E-state index contributed by atoms with van der Waals surface area (Å²) in [5.74, 6) is -0.843. The van der Waals surface area contributed by atoms with Gasteiger partial charge >= 0.3 is 0 Å². The predicted molar refractivity (Wildman–Crippen MR) is 140 cm³/mol. The van der Waals surface area contributed by atoms with Crippen LogP contribution in [0.2, 0.25) is 10.0 Å². The molecule has 0 spiro atoms. The fourth-order valence-corrected chi connectivity index (χ4v) is 7.45. The second kappa shape index (κ2) is 10.5. The lowest BCUT2D eigenvalue weighted by molar-refractivity contribution is -0.668. The molecule has 1 N–H and O–H groups in total. The van der Waals surface area contributed by atoms with Crippen molar-refractivity contribution in [3.05, 3.63) is 56.5 Å². The van der Waals surface area contributed by atoms with Crippen molar-refractivity contribution in [3.8, 4) is 0 Å². The second-order valence-electron chi connectivity index (χ2n) is 7.78. The molecular formula is C21H20Cl2N2O6S4. The van der Waals surface area contributed by atoms with E-state index in [0.717, 1.165) is 30.8 Å². The third-order valence-electron chi connectivity index (χ3n) is 5.22. The third kappa shape index (κ3) is 6.69. The van der Waals surface area contributed by atoms with Crippen LogP contribution in [-0.4, -0.2) is 44.0 Å². The molecule has 3 aromatic rings. The molecule has 188 valence electrons. The van der Waals surface area contributed by atoms with Crippen LogP contribution in [0.1, 0.15) is 17.8 Å². The first kappa shape index (κ1) is 26.7. The van der Waals surface area contributed by atoms with Crippen molar-refractivity contribution in [3.63, 3.8) is 0 Å². The molecule has 2 heterocycles. The Labute approximate surface area is 221 Å². The number of nitrogens with zero attached hydrogens (tertiary/aromatic N) is 2. The minimum Gasteiger partial charge on any atom is -0.748 e. The minimum atomic E-state index is -4.32. The molecule has 0 aliphatic carbocycles. The van der Waals surface area contributed by atoms with Crippen LogP contribution < -0.4 is 9.47 Å². The van der Waals surface area contributed by atoms with E-state index in [-0.39, 0.29) is 18.6 Å². The molecule has 0 radical (unpaired) electrons. The van der Waals surface area contributed by atoms with Gasteiger partial charge in [-0.3, -0.25) is 4.55 Å². The number of aryl methyl sites for hydroxylation is 1. The highest BCUT2D eigenvalue weighted by molar-refractivity contribution is 8.04. The van der Waals surface area contributed by atoms with Gasteiger partial charge < -0.3 is 9.45 Å². The zero-order valence-electron chi connectivity index (χ0n) is 18.1. The van der Waals surface area contributed by atoms with E-state index >= 15 is 0 Å². The Hall–Kier alpha value is -1.38. The van der Waals surface area contributed by atoms with Crippen molar-refractivity contribution in [2.45, 2.75) is 24.3 Å². The Morgan fingerprint density at radius 3 is 2.49 bits per heavy atom. The zero-order chi connectivity index (χ0) is 25.4. The van der Waals surface area contributed by atoms with Crippen LogP contribution in [0.15, 0.2) is 46.3 Å². The van der Waals surface area contributed by atoms with Gasteiger partial charge in [0.25, 0.3) is 15.1 Å². The van der Waals surface area contributed by atoms with Gasteiger partial charge in [0, 0.05) is 29.7 Å². The van der Waals surface area contributed by atoms with E-state index in [9.17, 15) is 21.4 Å². The van der Waals surface area contributed by atoms with E-state index in [4.69, 9.17) is 27.8 Å². The summed E-state index contributed by atoms with van der Waals surface area (Å²) in [4.78, 5) is 2.77. The summed E-state index contributed by atoms with van der Waals surface area (Å²) < 4.78 is 68.0. The molecule has 4 rings (SSSR count). The molecule has 0 bridgehead atoms. The number of thiazole rings is 1. The van der Waals surface area contributed by atoms with Crippen molar-refractivity contribution in [2.75, 3.05) is 23.0 Å². The molecule has 1 aromatic heterocycles. The van der Waals surface area contributed by atoms with Gasteiger partial charge in [0.05, 0.1) is 42.7 Å². The standard InChI is InChI=1S/C21H20Cl2N2O6S4/c22-14-11-17-19(12-15(14)23)33-21(25(17)8-4-10-35(29,30)31)13-20-24(7-3-9-34(26,27)28)16-5-1-2-6-18(16)32-20/h1-2,5-6,11-13H,3-4,7-10H2,(H-,26,27,28,29,30,31). The van der Waals surface area contributed by atoms with Crippen LogP contribution in [0, 0.1) is 0 Å². The second-order valence-corrected chi connectivity index (χ2v) is 13.8. The van der Waals surface area contributed by atoms with Gasteiger partial charge in [0.2, 0.25) is 5.52 Å². The lowest BCUT2D eigenvalue weighted by atomic mass is 10.2. The van der Waals surface area contributed by atoms with E-state index < -0.39 is 26.0 Å². The maximum Gasteiger partial charge on any atom is 0.265 e. The average molecular weight is 596 g/mol. The number of thioether (sulfide) groups is 1. The Morgan fingerprint density at radius 1 is 1.06 bits per heavy atom. The van der Waals surface area contributed by atoms with Crippen LogP contribution >= 0.6 is 46.3 Å². The minimum absolute atomic E-state index is 0.171. The number of anilines is 1. The van der Waals surface area contributed by atoms with Crippen LogP contribution in [0.4, 0.5) is 5.69 Å². The summed E-state index contributed by atoms with van der Waals surface area (Å²) in [7, 11) is -8.43. The molecule has 0 fully saturated rings. The highest BCUT2D eigenvalue weighted by Crippen LogP contribution is 2.49. The number of hydrogen-bond donors (Lipinski definition) is 1. The van der Waals surface area contributed by atoms with Crippen molar-refractivity contribution >= 4 is 88.5 Å². The molecule has 0 unspecified atom stereocenters. The Morgan fingerprint density at radius 2 is 1.77 bits per heavy atom. The summed E-state index contributed by atoms with van der Waals surface area (Å²) in [5.41, 5.74) is 1.69. The SMILES string of the molecule is O=S(=O)([O-])CCC[n+]1c(/C=C2/Sc3cc(Cl)c(Cl)cc3N2CCCS(=O)(=O)O)sc2ccccc21. The van der Waals surface area contributed by atoms with Gasteiger partial charge in [-0.25, -0.2) is 8.42 Å². The van der Waals surface area contributed by atoms with Crippen LogP contribution in [0.5, 0.6) is 0 Å². The molecule has 35 heavy (non-hydrogen) atoms. The van der Waals surface area contributed by atoms with Gasteiger partial charge in [0.15, 0.2) is 6.54 Å². The molecule has 1 aliphatic rings. The normalized spacial score (nSPS) is 15.3. The van der Waals surface area contributed by atoms with E-state index in [1.165, 1.54) is 23.1 Å². The number of benzene rings is 2. The highest BCUT2D eigenvalue weighted by Gasteiger charge is 2.29. The summed E-state index contributed by atoms with van der Waals surface area (Å²) >= 11 is 15.4. The quantitative estimate of drug-likeness (QED) is 0.281. The molecule has 2 aromatic carbocycles. The van der Waals surface area contributed by atoms with Gasteiger partial charge in [-0.2, -0.15) is 13.0 Å². The summed E-state index contributed by atoms with van der Waals surface area (Å²) in [6.45, 7) is 0.644. The van der Waals surface area contributed by atoms with E-state index in [1.807, 2.05) is 39.8 Å². The van der Waals surface area contributed by atoms with Crippen LogP contribution in [0.25, 0.3) is 16.3 Å². The van der Waals surface area contributed by atoms with Gasteiger partial charge in [-0.05, 0) is 24.6 Å². The molecule has 8 nitrogen and oxygen atoms in total. The predicted octanol–water partition coefficient (Wildman–Crippen LogP) is 4.62. The van der Waals surface area contributed by atoms with Gasteiger partial charge in [-0.15, -0.1) is 0 Å². The van der Waals surface area contributed by atoms with Crippen molar-refractivity contribution in [1.82, 2.24) is 0 Å². The smallest absolute Gasteiger partial charge is 0.265 e. The topological polar surface area (TPSA) is 119 Å². The molecule has 0 saturated carbocycles. The van der Waals surface area contributed by atoms with E-state index in [0.29, 0.717) is 23.1 Å². The number of para-hydroxylation sites is 1. The zero-order valence-corrected chi connectivity index (χ0v) is 22.8. The lowest BCUT2D eigenvalue weighted by Crippen LogP contribution is -2.36. The maximum absolute atomic E-state index is 11.2. The summed E-state index contributed by atoms with van der Waals surface area (Å²) in [6, 6.07) is 11.2. The number of halogens is 2. The number of rotatable bonds is 9. The first-order valence-electron chi connectivity index (χ1n) is 10.4. The first-order valence-corrected chi connectivity index (χ1v) is 15.9. The highest BCUT2D eigenvalue weighted by atomic mass is 35.5. The fraction of sp³-hybridized carbons (Fsp3) is 0.286. The lowest BCUT2D eigenvalue weighted by Gasteiger charge is -2.20. The molecule has 0 saturated heterocycles. The maximum atomic E-state index is 11.2. The van der Waals surface area contributed by atoms with E-state index in [1.54, 1.807) is 12.1 Å². The summed E-state index contributed by atoms with van der Waals surface area (Å²) in [5, 5.41) is 2.39. The first-order chi connectivity index (χ1) is 16.4. The molecular weight excluding hydrogens is 575 g/mol. The monoisotopic (exact) mass is 594 g/mol. The molecule has 14 heteroatoms. The number of hydrogen-bond acceptors (Lipinski definition) is 8. The van der Waals surface area contributed by atoms with Crippen molar-refractivity contribution in [2.24, 2.45) is 0 Å². The summed E-state index contributed by atoms with van der Waals surface area (Å²) in [6.07, 6.45) is 2.30. The van der Waals surface area contributed by atoms with E-state index in [2.05, 4.69) is 0 Å². The van der Waals surface area contributed by atoms with Gasteiger partial charge in [0.1, 0.15) is 4.70 Å². The van der Waals surface area contributed by atoms with Crippen molar-refractivity contribution < 1.29 is 30.5 Å². The molecule has 0 amide bonds. The van der Waals surface area contributed by atoms with Crippen LogP contribution in [0.3, 0.4) is 0 Å². The Balaban J connectivity index is 1.73. The van der Waals surface area contributed by atoms with Gasteiger partial charge in [-0.1, -0.05) is 58.4 Å². The Bertz CT molecular complexity index is 1520. The molecule has 0 atom stereocenters. The third-order valence-corrected chi connectivity index (χ3v) is 9.74. The van der Waals surface area contributed by atoms with Crippen molar-refractivity contribution in [1.29, 1.82) is 0 Å². The van der Waals surface area contributed by atoms with Crippen LogP contribution in [-0.2, 0) is 26.8 Å². The largest absolute Gasteiger partial charge is 0.748 e. The molecule has 1 aliphatic heterocycles. The average Bonchev–Trinajstić information content (AvgIpc) is 3.25. The Kier molecular flexibility index (Phi) is 8.04. The fourth-order valence-electron chi connectivity index (χ4n) is 3.74. The number of aromatic nitrogens is 1.